The number of carbonyl (C=O) groups is 1. The monoisotopic (exact) mass is 243 g/mol. The zero-order valence-corrected chi connectivity index (χ0v) is 10.5. The summed E-state index contributed by atoms with van der Waals surface area (Å²) < 4.78 is 7.31. The first-order chi connectivity index (χ1) is 8.79. The normalized spacial score (nSPS) is 10.3. The van der Waals surface area contributed by atoms with Crippen LogP contribution in [-0.4, -0.2) is 10.5 Å². The molecule has 94 valence electrons. The van der Waals surface area contributed by atoms with E-state index in [4.69, 9.17) is 4.74 Å². The van der Waals surface area contributed by atoms with Crippen molar-refractivity contribution < 1.29 is 9.53 Å². The van der Waals surface area contributed by atoms with Crippen molar-refractivity contribution in [3.8, 4) is 5.88 Å². The highest BCUT2D eigenvalue weighted by molar-refractivity contribution is 5.74. The van der Waals surface area contributed by atoms with Gasteiger partial charge in [-0.15, -0.1) is 0 Å². The molecule has 0 fully saturated rings. The van der Waals surface area contributed by atoms with Gasteiger partial charge in [-0.3, -0.25) is 4.79 Å². The highest BCUT2D eigenvalue weighted by Crippen LogP contribution is 2.14. The highest BCUT2D eigenvalue weighted by Gasteiger charge is 2.08. The Bertz CT molecular complexity index is 502. The molecule has 18 heavy (non-hydrogen) atoms. The number of nitrogens with zero attached hydrogens (tertiary/aromatic N) is 1. The van der Waals surface area contributed by atoms with Gasteiger partial charge in [0.15, 0.2) is 0 Å². The van der Waals surface area contributed by atoms with Crippen molar-refractivity contribution in [3.05, 3.63) is 54.2 Å². The van der Waals surface area contributed by atoms with Crippen molar-refractivity contribution in [2.75, 3.05) is 0 Å². The number of carbonyl (C=O) groups excluding carboxylic acids is 1. The second-order valence-corrected chi connectivity index (χ2v) is 4.18. The lowest BCUT2D eigenvalue weighted by molar-refractivity contribution is -0.134. The van der Waals surface area contributed by atoms with Crippen LogP contribution in [0, 0.1) is 0 Å². The van der Waals surface area contributed by atoms with Gasteiger partial charge in [0.05, 0.1) is 6.42 Å². The molecule has 3 heteroatoms. The minimum Gasteiger partial charge on any atom is -0.409 e. The van der Waals surface area contributed by atoms with Crippen LogP contribution in [0.3, 0.4) is 0 Å². The van der Waals surface area contributed by atoms with Gasteiger partial charge in [-0.25, -0.2) is 0 Å². The smallest absolute Gasteiger partial charge is 0.316 e. The SMILES string of the molecule is CCCn1cccc1OC(=O)Cc1ccccc1. The van der Waals surface area contributed by atoms with Crippen LogP contribution in [0.5, 0.6) is 5.88 Å². The summed E-state index contributed by atoms with van der Waals surface area (Å²) in [6, 6.07) is 13.3. The number of hydrogen-bond donors (Lipinski definition) is 0. The molecular formula is C15H17NO2. The largest absolute Gasteiger partial charge is 0.409 e. The second kappa shape index (κ2) is 6.05. The predicted molar refractivity (Wildman–Crippen MR) is 70.5 cm³/mol. The molecule has 0 atom stereocenters. The van der Waals surface area contributed by atoms with E-state index in [9.17, 15) is 4.79 Å². The average molecular weight is 243 g/mol. The van der Waals surface area contributed by atoms with Crippen molar-refractivity contribution in [3.63, 3.8) is 0 Å². The molecule has 0 radical (unpaired) electrons. The quantitative estimate of drug-likeness (QED) is 0.756. The zero-order chi connectivity index (χ0) is 12.8. The molecule has 1 aromatic heterocycles. The van der Waals surface area contributed by atoms with Crippen LogP contribution in [0.25, 0.3) is 0 Å². The van der Waals surface area contributed by atoms with Crippen molar-refractivity contribution >= 4 is 5.97 Å². The van der Waals surface area contributed by atoms with E-state index < -0.39 is 0 Å². The molecule has 0 saturated carbocycles. The highest BCUT2D eigenvalue weighted by atomic mass is 16.5. The van der Waals surface area contributed by atoms with Crippen molar-refractivity contribution in [2.45, 2.75) is 26.3 Å². The number of esters is 1. The van der Waals surface area contributed by atoms with Crippen LogP contribution < -0.4 is 4.74 Å². The van der Waals surface area contributed by atoms with Gasteiger partial charge in [0, 0.05) is 18.8 Å². The Morgan fingerprint density at radius 1 is 1.17 bits per heavy atom. The number of ether oxygens (including phenoxy) is 1. The Labute approximate surface area is 107 Å². The first-order valence-corrected chi connectivity index (χ1v) is 6.19. The molecule has 1 heterocycles. The summed E-state index contributed by atoms with van der Waals surface area (Å²) in [5.74, 6) is 0.398. The summed E-state index contributed by atoms with van der Waals surface area (Å²) in [6.07, 6.45) is 3.24. The van der Waals surface area contributed by atoms with Gasteiger partial charge in [0.25, 0.3) is 0 Å². The third-order valence-corrected chi connectivity index (χ3v) is 2.66. The molecule has 1 aromatic carbocycles. The third kappa shape index (κ3) is 3.23. The summed E-state index contributed by atoms with van der Waals surface area (Å²) in [7, 11) is 0. The Morgan fingerprint density at radius 3 is 2.67 bits per heavy atom. The first kappa shape index (κ1) is 12.4. The molecule has 0 unspecified atom stereocenters. The molecule has 2 aromatic rings. The van der Waals surface area contributed by atoms with Gasteiger partial charge < -0.3 is 9.30 Å². The van der Waals surface area contributed by atoms with E-state index in [0.29, 0.717) is 12.3 Å². The minimum atomic E-state index is -0.225. The Balaban J connectivity index is 1.97. The third-order valence-electron chi connectivity index (χ3n) is 2.66. The van der Waals surface area contributed by atoms with Crippen LogP contribution in [0.15, 0.2) is 48.7 Å². The summed E-state index contributed by atoms with van der Waals surface area (Å²) >= 11 is 0. The van der Waals surface area contributed by atoms with Gasteiger partial charge >= 0.3 is 5.97 Å². The Kier molecular flexibility index (Phi) is 4.18. The summed E-state index contributed by atoms with van der Waals surface area (Å²) in [6.45, 7) is 2.95. The van der Waals surface area contributed by atoms with Crippen molar-refractivity contribution in [1.29, 1.82) is 0 Å². The lowest BCUT2D eigenvalue weighted by Crippen LogP contribution is -2.13. The molecule has 0 aliphatic heterocycles. The maximum Gasteiger partial charge on any atom is 0.316 e. The van der Waals surface area contributed by atoms with E-state index in [-0.39, 0.29) is 5.97 Å². The van der Waals surface area contributed by atoms with E-state index in [1.165, 1.54) is 0 Å². The van der Waals surface area contributed by atoms with Crippen LogP contribution in [0.2, 0.25) is 0 Å². The van der Waals surface area contributed by atoms with E-state index in [0.717, 1.165) is 18.5 Å². The number of rotatable bonds is 5. The van der Waals surface area contributed by atoms with Crippen molar-refractivity contribution in [2.24, 2.45) is 0 Å². The maximum atomic E-state index is 11.8. The van der Waals surface area contributed by atoms with E-state index in [1.54, 1.807) is 0 Å². The molecule has 2 rings (SSSR count). The molecule has 3 nitrogen and oxygen atoms in total. The molecule has 0 amide bonds. The number of aryl methyl sites for hydroxylation is 1. The number of hydrogen-bond acceptors (Lipinski definition) is 2. The second-order valence-electron chi connectivity index (χ2n) is 4.18. The van der Waals surface area contributed by atoms with Crippen LogP contribution >= 0.6 is 0 Å². The summed E-state index contributed by atoms with van der Waals surface area (Å²) in [5.41, 5.74) is 0.969. The van der Waals surface area contributed by atoms with Crippen LogP contribution in [0.1, 0.15) is 18.9 Å². The molecule has 0 bridgehead atoms. The van der Waals surface area contributed by atoms with Gasteiger partial charge in [-0.1, -0.05) is 37.3 Å². The van der Waals surface area contributed by atoms with Gasteiger partial charge in [-0.05, 0) is 18.1 Å². The fraction of sp³-hybridized carbons (Fsp3) is 0.267. The molecule has 0 N–H and O–H groups in total. The van der Waals surface area contributed by atoms with Gasteiger partial charge in [0.2, 0.25) is 5.88 Å². The maximum absolute atomic E-state index is 11.8. The number of benzene rings is 1. The van der Waals surface area contributed by atoms with E-state index in [2.05, 4.69) is 6.92 Å². The standard InChI is InChI=1S/C15H17NO2/c1-2-10-16-11-6-9-14(16)18-15(17)12-13-7-4-3-5-8-13/h3-9,11H,2,10,12H2,1H3. The molecular weight excluding hydrogens is 226 g/mol. The molecule has 0 spiro atoms. The molecule has 0 aliphatic rings. The minimum absolute atomic E-state index is 0.225. The van der Waals surface area contributed by atoms with E-state index >= 15 is 0 Å². The van der Waals surface area contributed by atoms with E-state index in [1.807, 2.05) is 53.2 Å². The Morgan fingerprint density at radius 2 is 1.94 bits per heavy atom. The van der Waals surface area contributed by atoms with Crippen LogP contribution in [-0.2, 0) is 17.8 Å². The Hall–Kier alpha value is -2.03. The van der Waals surface area contributed by atoms with Crippen molar-refractivity contribution in [1.82, 2.24) is 4.57 Å². The first-order valence-electron chi connectivity index (χ1n) is 6.19. The topological polar surface area (TPSA) is 31.2 Å². The fourth-order valence-corrected chi connectivity index (χ4v) is 1.83. The predicted octanol–water partition coefficient (Wildman–Crippen LogP) is 3.05. The average Bonchev–Trinajstić information content (AvgIpc) is 2.78. The van der Waals surface area contributed by atoms with Gasteiger partial charge in [0.1, 0.15) is 0 Å². The van der Waals surface area contributed by atoms with Crippen LogP contribution in [0.4, 0.5) is 0 Å². The van der Waals surface area contributed by atoms with Gasteiger partial charge in [-0.2, -0.15) is 0 Å². The fourth-order valence-electron chi connectivity index (χ4n) is 1.83. The summed E-state index contributed by atoms with van der Waals surface area (Å²) in [5, 5.41) is 0. The number of aromatic nitrogens is 1. The zero-order valence-electron chi connectivity index (χ0n) is 10.5. The summed E-state index contributed by atoms with van der Waals surface area (Å²) in [4.78, 5) is 11.8. The molecule has 0 saturated heterocycles. The lowest BCUT2D eigenvalue weighted by atomic mass is 10.2. The molecule has 0 aliphatic carbocycles. The lowest BCUT2D eigenvalue weighted by Gasteiger charge is -2.08.